The standard InChI is InChI=1S/C11H14ClNO2/c1-3-8-5-4-6-9(12)10(8)13-7(2)11(14)15/h4-7,13H,3H2,1-2H3,(H,14,15)/t7-/m0/s1. The van der Waals surface area contributed by atoms with Crippen molar-refractivity contribution in [3.8, 4) is 0 Å². The SMILES string of the molecule is CCc1cccc(Cl)c1N[C@@H](C)C(=O)O. The van der Waals surface area contributed by atoms with Crippen molar-refractivity contribution in [2.24, 2.45) is 0 Å². The first-order valence-corrected chi connectivity index (χ1v) is 5.20. The van der Waals surface area contributed by atoms with Gasteiger partial charge in [-0.2, -0.15) is 0 Å². The van der Waals surface area contributed by atoms with E-state index in [0.717, 1.165) is 17.7 Å². The largest absolute Gasteiger partial charge is 0.480 e. The van der Waals surface area contributed by atoms with Crippen LogP contribution in [-0.4, -0.2) is 17.1 Å². The summed E-state index contributed by atoms with van der Waals surface area (Å²) in [5.41, 5.74) is 1.74. The van der Waals surface area contributed by atoms with E-state index in [1.807, 2.05) is 19.1 Å². The van der Waals surface area contributed by atoms with Gasteiger partial charge in [0.25, 0.3) is 0 Å². The molecule has 2 N–H and O–H groups in total. The number of nitrogens with one attached hydrogen (secondary N) is 1. The van der Waals surface area contributed by atoms with Crippen molar-refractivity contribution in [2.45, 2.75) is 26.3 Å². The molecule has 0 saturated heterocycles. The zero-order valence-corrected chi connectivity index (χ0v) is 9.51. The van der Waals surface area contributed by atoms with Gasteiger partial charge in [-0.05, 0) is 25.0 Å². The minimum atomic E-state index is -0.892. The second-order valence-electron chi connectivity index (χ2n) is 3.33. The number of halogens is 1. The fraction of sp³-hybridized carbons (Fsp3) is 0.364. The number of hydrogen-bond donors (Lipinski definition) is 2. The molecule has 0 radical (unpaired) electrons. The van der Waals surface area contributed by atoms with E-state index >= 15 is 0 Å². The molecule has 82 valence electrons. The van der Waals surface area contributed by atoms with Crippen LogP contribution in [0.15, 0.2) is 18.2 Å². The molecule has 1 rings (SSSR count). The highest BCUT2D eigenvalue weighted by molar-refractivity contribution is 6.33. The minimum Gasteiger partial charge on any atom is -0.480 e. The van der Waals surface area contributed by atoms with Gasteiger partial charge in [0.15, 0.2) is 0 Å². The second-order valence-corrected chi connectivity index (χ2v) is 3.74. The van der Waals surface area contributed by atoms with Gasteiger partial charge in [-0.1, -0.05) is 30.7 Å². The number of aryl methyl sites for hydroxylation is 1. The van der Waals surface area contributed by atoms with Gasteiger partial charge < -0.3 is 10.4 Å². The van der Waals surface area contributed by atoms with Crippen LogP contribution in [0.5, 0.6) is 0 Å². The van der Waals surface area contributed by atoms with E-state index in [1.54, 1.807) is 13.0 Å². The van der Waals surface area contributed by atoms with Gasteiger partial charge in [0.2, 0.25) is 0 Å². The molecule has 1 aromatic carbocycles. The van der Waals surface area contributed by atoms with E-state index in [0.29, 0.717) is 5.02 Å². The van der Waals surface area contributed by atoms with Crippen LogP contribution in [0, 0.1) is 0 Å². The number of aliphatic carboxylic acids is 1. The first-order chi connectivity index (χ1) is 7.06. The molecule has 3 nitrogen and oxygen atoms in total. The highest BCUT2D eigenvalue weighted by atomic mass is 35.5. The Balaban J connectivity index is 2.97. The van der Waals surface area contributed by atoms with Crippen molar-refractivity contribution in [3.63, 3.8) is 0 Å². The van der Waals surface area contributed by atoms with Gasteiger partial charge in [0.1, 0.15) is 6.04 Å². The highest BCUT2D eigenvalue weighted by Gasteiger charge is 2.13. The Bertz CT molecular complexity index is 366. The van der Waals surface area contributed by atoms with Crippen molar-refractivity contribution in [2.75, 3.05) is 5.32 Å². The Labute approximate surface area is 94.1 Å². The number of carboxylic acids is 1. The maximum atomic E-state index is 10.7. The van der Waals surface area contributed by atoms with Crippen molar-refractivity contribution in [3.05, 3.63) is 28.8 Å². The summed E-state index contributed by atoms with van der Waals surface area (Å²) >= 11 is 6.00. The third kappa shape index (κ3) is 2.86. The predicted octanol–water partition coefficient (Wildman–Crippen LogP) is 2.79. The number of rotatable bonds is 4. The third-order valence-electron chi connectivity index (χ3n) is 2.21. The van der Waals surface area contributed by atoms with Gasteiger partial charge in [-0.15, -0.1) is 0 Å². The number of para-hydroxylation sites is 1. The van der Waals surface area contributed by atoms with E-state index in [4.69, 9.17) is 16.7 Å². The summed E-state index contributed by atoms with van der Waals surface area (Å²) in [4.78, 5) is 10.7. The molecule has 0 heterocycles. The molecule has 0 unspecified atom stereocenters. The molecular weight excluding hydrogens is 214 g/mol. The van der Waals surface area contributed by atoms with Gasteiger partial charge in [-0.3, -0.25) is 4.79 Å². The van der Waals surface area contributed by atoms with Crippen LogP contribution < -0.4 is 5.32 Å². The lowest BCUT2D eigenvalue weighted by atomic mass is 10.1. The van der Waals surface area contributed by atoms with Crippen molar-refractivity contribution in [1.82, 2.24) is 0 Å². The molecule has 0 aromatic heterocycles. The number of anilines is 1. The lowest BCUT2D eigenvalue weighted by Crippen LogP contribution is -2.26. The van der Waals surface area contributed by atoms with Crippen LogP contribution in [0.25, 0.3) is 0 Å². The Morgan fingerprint density at radius 3 is 2.80 bits per heavy atom. The van der Waals surface area contributed by atoms with Gasteiger partial charge >= 0.3 is 5.97 Å². The number of carboxylic acid groups (broad SMARTS) is 1. The van der Waals surface area contributed by atoms with Crippen LogP contribution in [0.4, 0.5) is 5.69 Å². The summed E-state index contributed by atoms with van der Waals surface area (Å²) in [6.07, 6.45) is 0.815. The molecule has 0 bridgehead atoms. The maximum Gasteiger partial charge on any atom is 0.325 e. The summed E-state index contributed by atoms with van der Waals surface area (Å²) in [7, 11) is 0. The molecule has 1 aromatic rings. The Hall–Kier alpha value is -1.22. The molecule has 0 aliphatic heterocycles. The van der Waals surface area contributed by atoms with Crippen molar-refractivity contribution >= 4 is 23.3 Å². The molecule has 0 spiro atoms. The van der Waals surface area contributed by atoms with Gasteiger partial charge in [0.05, 0.1) is 10.7 Å². The van der Waals surface area contributed by atoms with Gasteiger partial charge in [0, 0.05) is 0 Å². The molecule has 1 atom stereocenters. The third-order valence-corrected chi connectivity index (χ3v) is 2.53. The van der Waals surface area contributed by atoms with Crippen LogP contribution >= 0.6 is 11.6 Å². The number of hydrogen-bond acceptors (Lipinski definition) is 2. The molecule has 0 aliphatic rings. The average molecular weight is 228 g/mol. The predicted molar refractivity (Wildman–Crippen MR) is 61.6 cm³/mol. The van der Waals surface area contributed by atoms with Crippen LogP contribution in [-0.2, 0) is 11.2 Å². The molecule has 0 fully saturated rings. The molecule has 15 heavy (non-hydrogen) atoms. The summed E-state index contributed by atoms with van der Waals surface area (Å²) < 4.78 is 0. The summed E-state index contributed by atoms with van der Waals surface area (Å²) in [6.45, 7) is 3.59. The normalized spacial score (nSPS) is 12.2. The fourth-order valence-corrected chi connectivity index (χ4v) is 1.55. The highest BCUT2D eigenvalue weighted by Crippen LogP contribution is 2.26. The fourth-order valence-electron chi connectivity index (χ4n) is 1.30. The first kappa shape index (κ1) is 11.9. The first-order valence-electron chi connectivity index (χ1n) is 4.83. The van der Waals surface area contributed by atoms with Crippen LogP contribution in [0.2, 0.25) is 5.02 Å². The van der Waals surface area contributed by atoms with E-state index < -0.39 is 12.0 Å². The van der Waals surface area contributed by atoms with E-state index in [-0.39, 0.29) is 0 Å². The monoisotopic (exact) mass is 227 g/mol. The van der Waals surface area contributed by atoms with Gasteiger partial charge in [-0.25, -0.2) is 0 Å². The van der Waals surface area contributed by atoms with E-state index in [2.05, 4.69) is 5.32 Å². The summed E-state index contributed by atoms with van der Waals surface area (Å²) in [5.74, 6) is -0.892. The Morgan fingerprint density at radius 2 is 2.27 bits per heavy atom. The summed E-state index contributed by atoms with van der Waals surface area (Å²) in [6, 6.07) is 4.90. The lowest BCUT2D eigenvalue weighted by molar-refractivity contribution is -0.137. The average Bonchev–Trinajstić information content (AvgIpc) is 2.20. The van der Waals surface area contributed by atoms with E-state index in [1.165, 1.54) is 0 Å². The molecule has 4 heteroatoms. The zero-order valence-electron chi connectivity index (χ0n) is 8.75. The number of benzene rings is 1. The van der Waals surface area contributed by atoms with Crippen LogP contribution in [0.3, 0.4) is 0 Å². The quantitative estimate of drug-likeness (QED) is 0.832. The Kier molecular flexibility index (Phi) is 3.97. The minimum absolute atomic E-state index is 0.558. The van der Waals surface area contributed by atoms with Crippen molar-refractivity contribution < 1.29 is 9.90 Å². The van der Waals surface area contributed by atoms with Crippen LogP contribution in [0.1, 0.15) is 19.4 Å². The van der Waals surface area contributed by atoms with Crippen molar-refractivity contribution in [1.29, 1.82) is 0 Å². The smallest absolute Gasteiger partial charge is 0.325 e. The number of carbonyl (C=O) groups is 1. The van der Waals surface area contributed by atoms with E-state index in [9.17, 15) is 4.79 Å². The summed E-state index contributed by atoms with van der Waals surface area (Å²) in [5, 5.41) is 12.2. The topological polar surface area (TPSA) is 49.3 Å². The Morgan fingerprint density at radius 1 is 1.60 bits per heavy atom. The molecule has 0 amide bonds. The second kappa shape index (κ2) is 5.03. The zero-order chi connectivity index (χ0) is 11.4. The molecule has 0 saturated carbocycles. The lowest BCUT2D eigenvalue weighted by Gasteiger charge is -2.15. The maximum absolute atomic E-state index is 10.7. The molecular formula is C11H14ClNO2. The molecule has 0 aliphatic carbocycles.